The van der Waals surface area contributed by atoms with Crippen LogP contribution >= 0.6 is 0 Å². The smallest absolute Gasteiger partial charge is 0.313 e. The number of ether oxygens (including phenoxy) is 1. The molecule has 0 saturated carbocycles. The number of morpholine rings is 1. The van der Waals surface area contributed by atoms with Gasteiger partial charge in [-0.05, 0) is 54.8 Å². The lowest BCUT2D eigenvalue weighted by Gasteiger charge is -2.35. The van der Waals surface area contributed by atoms with Crippen LogP contribution < -0.4 is 15.5 Å². The fourth-order valence-corrected chi connectivity index (χ4v) is 3.85. The van der Waals surface area contributed by atoms with Crippen molar-refractivity contribution < 1.29 is 14.3 Å². The molecule has 7 heteroatoms. The van der Waals surface area contributed by atoms with Crippen LogP contribution in [0.1, 0.15) is 22.7 Å². The Kier molecular flexibility index (Phi) is 7.65. The molecule has 2 aromatic carbocycles. The maximum Gasteiger partial charge on any atom is 0.313 e. The van der Waals surface area contributed by atoms with Gasteiger partial charge in [-0.2, -0.15) is 0 Å². The molecule has 1 saturated heterocycles. The molecule has 1 unspecified atom stereocenters. The minimum atomic E-state index is -0.659. The Morgan fingerprint density at radius 2 is 1.61 bits per heavy atom. The first kappa shape index (κ1) is 22.8. The Balaban J connectivity index is 1.67. The Bertz CT molecular complexity index is 885. The van der Waals surface area contributed by atoms with Crippen LogP contribution in [-0.2, 0) is 14.3 Å². The van der Waals surface area contributed by atoms with E-state index in [2.05, 4.69) is 39.8 Å². The quantitative estimate of drug-likeness (QED) is 0.697. The average Bonchev–Trinajstić information content (AvgIpc) is 2.74. The summed E-state index contributed by atoms with van der Waals surface area (Å²) in [5, 5.41) is 5.52. The number of aryl methyl sites for hydroxylation is 2. The van der Waals surface area contributed by atoms with Crippen molar-refractivity contribution >= 4 is 23.2 Å². The number of rotatable bonds is 6. The van der Waals surface area contributed by atoms with Crippen molar-refractivity contribution in [1.82, 2.24) is 10.2 Å². The second kappa shape index (κ2) is 10.4. The summed E-state index contributed by atoms with van der Waals surface area (Å²) >= 11 is 0. The molecule has 1 atom stereocenters. The number of nitrogens with zero attached hydrogens (tertiary/aromatic N) is 2. The van der Waals surface area contributed by atoms with E-state index >= 15 is 0 Å². The van der Waals surface area contributed by atoms with Crippen LogP contribution in [0.15, 0.2) is 42.5 Å². The molecule has 1 heterocycles. The SMILES string of the molecule is Cc1cc(C)cc(NC(=O)C(=O)NCC(c2ccc(N(C)C)cc2)N2CCOCC2)c1. The van der Waals surface area contributed by atoms with Gasteiger partial charge in [0.15, 0.2) is 0 Å². The second-order valence-electron chi connectivity index (χ2n) is 8.19. The molecule has 0 radical (unpaired) electrons. The molecular formula is C24H32N4O3. The molecule has 2 aromatic rings. The van der Waals surface area contributed by atoms with Gasteiger partial charge in [-0.3, -0.25) is 14.5 Å². The van der Waals surface area contributed by atoms with Crippen LogP contribution in [-0.4, -0.2) is 63.7 Å². The van der Waals surface area contributed by atoms with Crippen LogP contribution in [0.4, 0.5) is 11.4 Å². The number of carbonyl (C=O) groups excluding carboxylic acids is 2. The Morgan fingerprint density at radius 1 is 1.00 bits per heavy atom. The average molecular weight is 425 g/mol. The Morgan fingerprint density at radius 3 is 2.19 bits per heavy atom. The van der Waals surface area contributed by atoms with Crippen LogP contribution in [0.25, 0.3) is 0 Å². The number of amides is 2. The van der Waals surface area contributed by atoms with Crippen molar-refractivity contribution in [3.05, 3.63) is 59.2 Å². The summed E-state index contributed by atoms with van der Waals surface area (Å²) in [4.78, 5) is 29.3. The zero-order valence-corrected chi connectivity index (χ0v) is 18.8. The third-order valence-electron chi connectivity index (χ3n) is 5.42. The van der Waals surface area contributed by atoms with Gasteiger partial charge < -0.3 is 20.3 Å². The van der Waals surface area contributed by atoms with Gasteiger partial charge in [-0.15, -0.1) is 0 Å². The fraction of sp³-hybridized carbons (Fsp3) is 0.417. The van der Waals surface area contributed by atoms with E-state index in [9.17, 15) is 9.59 Å². The number of anilines is 2. The maximum atomic E-state index is 12.5. The highest BCUT2D eigenvalue weighted by Crippen LogP contribution is 2.24. The minimum absolute atomic E-state index is 0.0296. The summed E-state index contributed by atoms with van der Waals surface area (Å²) in [6, 6.07) is 14.0. The van der Waals surface area contributed by atoms with E-state index in [0.717, 1.165) is 35.5 Å². The molecule has 2 N–H and O–H groups in total. The molecule has 0 bridgehead atoms. The summed E-state index contributed by atoms with van der Waals surface area (Å²) in [5.41, 5.74) is 4.90. The highest BCUT2D eigenvalue weighted by atomic mass is 16.5. The standard InChI is InChI=1S/C24H32N4O3/c1-17-13-18(2)15-20(14-17)26-24(30)23(29)25-16-22(28-9-11-31-12-10-28)19-5-7-21(8-6-19)27(3)4/h5-8,13-15,22H,9-12,16H2,1-4H3,(H,25,29)(H,26,30). The van der Waals surface area contributed by atoms with Crippen molar-refractivity contribution in [3.8, 4) is 0 Å². The first-order chi connectivity index (χ1) is 14.8. The maximum absolute atomic E-state index is 12.5. The van der Waals surface area contributed by atoms with E-state index in [1.807, 2.05) is 51.0 Å². The molecule has 1 aliphatic heterocycles. The molecule has 1 fully saturated rings. The van der Waals surface area contributed by atoms with Crippen molar-refractivity contribution in [2.24, 2.45) is 0 Å². The van der Waals surface area contributed by atoms with Crippen molar-refractivity contribution in [2.75, 3.05) is 57.2 Å². The summed E-state index contributed by atoms with van der Waals surface area (Å²) < 4.78 is 5.49. The number of hydrogen-bond acceptors (Lipinski definition) is 5. The molecule has 166 valence electrons. The van der Waals surface area contributed by atoms with Gasteiger partial charge >= 0.3 is 11.8 Å². The predicted molar refractivity (Wildman–Crippen MR) is 123 cm³/mol. The van der Waals surface area contributed by atoms with E-state index in [1.165, 1.54) is 0 Å². The van der Waals surface area contributed by atoms with Gasteiger partial charge in [0.1, 0.15) is 0 Å². The lowest BCUT2D eigenvalue weighted by atomic mass is 10.0. The van der Waals surface area contributed by atoms with Gasteiger partial charge in [0, 0.05) is 45.1 Å². The number of hydrogen-bond donors (Lipinski definition) is 2. The zero-order chi connectivity index (χ0) is 22.4. The molecule has 0 spiro atoms. The van der Waals surface area contributed by atoms with E-state index in [1.54, 1.807) is 0 Å². The summed E-state index contributed by atoms with van der Waals surface area (Å²) in [6.07, 6.45) is 0. The van der Waals surface area contributed by atoms with Gasteiger partial charge in [-0.1, -0.05) is 18.2 Å². The Labute approximate surface area is 184 Å². The fourth-order valence-electron chi connectivity index (χ4n) is 3.85. The highest BCUT2D eigenvalue weighted by molar-refractivity contribution is 6.39. The minimum Gasteiger partial charge on any atom is -0.379 e. The summed E-state index contributed by atoms with van der Waals surface area (Å²) in [7, 11) is 4.01. The lowest BCUT2D eigenvalue weighted by molar-refractivity contribution is -0.136. The number of carbonyl (C=O) groups is 2. The Hall–Kier alpha value is -2.90. The van der Waals surface area contributed by atoms with Crippen molar-refractivity contribution in [3.63, 3.8) is 0 Å². The van der Waals surface area contributed by atoms with Crippen molar-refractivity contribution in [1.29, 1.82) is 0 Å². The zero-order valence-electron chi connectivity index (χ0n) is 18.8. The molecule has 1 aliphatic rings. The second-order valence-corrected chi connectivity index (χ2v) is 8.19. The molecule has 3 rings (SSSR count). The van der Waals surface area contributed by atoms with Crippen LogP contribution in [0, 0.1) is 13.8 Å². The third-order valence-corrected chi connectivity index (χ3v) is 5.42. The molecule has 0 aromatic heterocycles. The molecule has 2 amide bonds. The molecule has 31 heavy (non-hydrogen) atoms. The first-order valence-electron chi connectivity index (χ1n) is 10.6. The third kappa shape index (κ3) is 6.29. The molecule has 0 aliphatic carbocycles. The van der Waals surface area contributed by atoms with E-state index in [0.29, 0.717) is 25.4 Å². The highest BCUT2D eigenvalue weighted by Gasteiger charge is 2.24. The first-order valence-corrected chi connectivity index (χ1v) is 10.6. The molecule has 7 nitrogen and oxygen atoms in total. The van der Waals surface area contributed by atoms with Gasteiger partial charge in [0.2, 0.25) is 0 Å². The predicted octanol–water partition coefficient (Wildman–Crippen LogP) is 2.50. The lowest BCUT2D eigenvalue weighted by Crippen LogP contribution is -2.45. The summed E-state index contributed by atoms with van der Waals surface area (Å²) in [5.74, 6) is -1.30. The largest absolute Gasteiger partial charge is 0.379 e. The van der Waals surface area contributed by atoms with Gasteiger partial charge in [0.05, 0.1) is 19.3 Å². The van der Waals surface area contributed by atoms with Crippen molar-refractivity contribution in [2.45, 2.75) is 19.9 Å². The van der Waals surface area contributed by atoms with E-state index < -0.39 is 11.8 Å². The van der Waals surface area contributed by atoms with Crippen LogP contribution in [0.3, 0.4) is 0 Å². The normalized spacial score (nSPS) is 15.2. The monoisotopic (exact) mass is 424 g/mol. The van der Waals surface area contributed by atoms with Crippen LogP contribution in [0.5, 0.6) is 0 Å². The number of nitrogens with one attached hydrogen (secondary N) is 2. The molecular weight excluding hydrogens is 392 g/mol. The van der Waals surface area contributed by atoms with E-state index in [-0.39, 0.29) is 6.04 Å². The van der Waals surface area contributed by atoms with Gasteiger partial charge in [-0.25, -0.2) is 0 Å². The number of benzene rings is 2. The van der Waals surface area contributed by atoms with Crippen LogP contribution in [0.2, 0.25) is 0 Å². The van der Waals surface area contributed by atoms with E-state index in [4.69, 9.17) is 4.74 Å². The summed E-state index contributed by atoms with van der Waals surface area (Å²) in [6.45, 7) is 7.14. The topological polar surface area (TPSA) is 73.9 Å². The van der Waals surface area contributed by atoms with Gasteiger partial charge in [0.25, 0.3) is 0 Å².